The normalized spacial score (nSPS) is 20.3. The summed E-state index contributed by atoms with van der Waals surface area (Å²) in [7, 11) is 0. The summed E-state index contributed by atoms with van der Waals surface area (Å²) < 4.78 is 0. The van der Waals surface area contributed by atoms with E-state index in [-0.39, 0.29) is 0 Å². The van der Waals surface area contributed by atoms with E-state index in [0.29, 0.717) is 17.3 Å². The van der Waals surface area contributed by atoms with Gasteiger partial charge in [0.05, 0.1) is 17.4 Å². The smallest absolute Gasteiger partial charge is 0.250 e. The Labute approximate surface area is 101 Å². The average Bonchev–Trinajstić information content (AvgIpc) is 2.30. The number of hydrogen-bond donors (Lipinski definition) is 2. The maximum atomic E-state index is 11.2. The molecule has 1 aromatic heterocycles. The van der Waals surface area contributed by atoms with Gasteiger partial charge in [0.2, 0.25) is 0 Å². The lowest BCUT2D eigenvalue weighted by molar-refractivity contribution is 0.100. The van der Waals surface area contributed by atoms with Gasteiger partial charge >= 0.3 is 0 Å². The number of nitrogens with two attached hydrogens (primary N) is 2. The highest BCUT2D eigenvalue weighted by molar-refractivity contribution is 5.98. The van der Waals surface area contributed by atoms with E-state index in [2.05, 4.69) is 16.8 Å². The molecule has 0 spiro atoms. The number of pyridine rings is 1. The number of rotatable bonds is 2. The standard InChI is InChI=1S/C12H18N4O/c1-8-4-2-3-5-16(8)11-6-9(12(14)17)10(13)7-15-11/h6-8H,2-5,13H2,1H3,(H2,14,17). The molecule has 2 heterocycles. The van der Waals surface area contributed by atoms with Crippen molar-refractivity contribution in [2.75, 3.05) is 17.2 Å². The SMILES string of the molecule is CC1CCCCN1c1cc(C(N)=O)c(N)cn1. The summed E-state index contributed by atoms with van der Waals surface area (Å²) in [5, 5.41) is 0. The Morgan fingerprint density at radius 3 is 2.94 bits per heavy atom. The molecular weight excluding hydrogens is 216 g/mol. The molecule has 1 atom stereocenters. The van der Waals surface area contributed by atoms with Crippen LogP contribution in [0.2, 0.25) is 0 Å². The first-order valence-electron chi connectivity index (χ1n) is 5.91. The van der Waals surface area contributed by atoms with Crippen molar-refractivity contribution in [3.05, 3.63) is 17.8 Å². The van der Waals surface area contributed by atoms with Crippen molar-refractivity contribution >= 4 is 17.4 Å². The van der Waals surface area contributed by atoms with Crippen molar-refractivity contribution in [1.29, 1.82) is 0 Å². The summed E-state index contributed by atoms with van der Waals surface area (Å²) in [6, 6.07) is 2.14. The molecular formula is C12H18N4O. The monoisotopic (exact) mass is 234 g/mol. The van der Waals surface area contributed by atoms with Gasteiger partial charge in [0, 0.05) is 12.6 Å². The first-order valence-corrected chi connectivity index (χ1v) is 5.91. The lowest BCUT2D eigenvalue weighted by Gasteiger charge is -2.34. The minimum Gasteiger partial charge on any atom is -0.397 e. The predicted octanol–water partition coefficient (Wildman–Crippen LogP) is 1.14. The van der Waals surface area contributed by atoms with E-state index in [0.717, 1.165) is 25.2 Å². The molecule has 1 aliphatic heterocycles. The second-order valence-electron chi connectivity index (χ2n) is 4.53. The number of piperidine rings is 1. The fraction of sp³-hybridized carbons (Fsp3) is 0.500. The van der Waals surface area contributed by atoms with Gasteiger partial charge in [0.1, 0.15) is 5.82 Å². The van der Waals surface area contributed by atoms with Gasteiger partial charge in [0.15, 0.2) is 0 Å². The third kappa shape index (κ3) is 2.33. The molecule has 17 heavy (non-hydrogen) atoms. The molecule has 0 radical (unpaired) electrons. The molecule has 1 unspecified atom stereocenters. The van der Waals surface area contributed by atoms with Crippen molar-refractivity contribution in [1.82, 2.24) is 4.98 Å². The van der Waals surface area contributed by atoms with Crippen LogP contribution < -0.4 is 16.4 Å². The molecule has 1 saturated heterocycles. The Bertz CT molecular complexity index is 433. The van der Waals surface area contributed by atoms with Crippen LogP contribution in [-0.4, -0.2) is 23.5 Å². The van der Waals surface area contributed by atoms with Crippen molar-refractivity contribution < 1.29 is 4.79 Å². The van der Waals surface area contributed by atoms with Crippen molar-refractivity contribution in [2.24, 2.45) is 5.73 Å². The highest BCUT2D eigenvalue weighted by Crippen LogP contribution is 2.25. The van der Waals surface area contributed by atoms with Gasteiger partial charge in [0.25, 0.3) is 5.91 Å². The fourth-order valence-corrected chi connectivity index (χ4v) is 2.26. The Morgan fingerprint density at radius 1 is 1.53 bits per heavy atom. The summed E-state index contributed by atoms with van der Waals surface area (Å²) >= 11 is 0. The van der Waals surface area contributed by atoms with Crippen LogP contribution >= 0.6 is 0 Å². The summed E-state index contributed by atoms with van der Waals surface area (Å²) in [5.74, 6) is 0.288. The van der Waals surface area contributed by atoms with E-state index in [1.165, 1.54) is 12.6 Å². The van der Waals surface area contributed by atoms with Crippen LogP contribution in [0.1, 0.15) is 36.5 Å². The average molecular weight is 234 g/mol. The Kier molecular flexibility index (Phi) is 3.17. The molecule has 1 aliphatic rings. The minimum absolute atomic E-state index is 0.339. The highest BCUT2D eigenvalue weighted by Gasteiger charge is 2.20. The predicted molar refractivity (Wildman–Crippen MR) is 67.8 cm³/mol. The van der Waals surface area contributed by atoms with Gasteiger partial charge in [-0.25, -0.2) is 4.98 Å². The third-order valence-electron chi connectivity index (χ3n) is 3.28. The molecule has 5 heteroatoms. The number of nitrogen functional groups attached to an aromatic ring is 1. The third-order valence-corrected chi connectivity index (χ3v) is 3.28. The van der Waals surface area contributed by atoms with Crippen LogP contribution in [0.25, 0.3) is 0 Å². The van der Waals surface area contributed by atoms with Gasteiger partial charge in [-0.05, 0) is 32.3 Å². The Hall–Kier alpha value is -1.78. The topological polar surface area (TPSA) is 85.2 Å². The summed E-state index contributed by atoms with van der Waals surface area (Å²) in [6.07, 6.45) is 5.06. The van der Waals surface area contributed by atoms with E-state index in [1.807, 2.05) is 0 Å². The Balaban J connectivity index is 2.32. The molecule has 0 bridgehead atoms. The zero-order chi connectivity index (χ0) is 12.4. The molecule has 0 aliphatic carbocycles. The van der Waals surface area contributed by atoms with Crippen LogP contribution in [0.4, 0.5) is 11.5 Å². The fourth-order valence-electron chi connectivity index (χ4n) is 2.26. The molecule has 92 valence electrons. The number of carbonyl (C=O) groups is 1. The number of hydrogen-bond acceptors (Lipinski definition) is 4. The molecule has 1 fully saturated rings. The largest absolute Gasteiger partial charge is 0.397 e. The maximum absolute atomic E-state index is 11.2. The number of nitrogens with zero attached hydrogens (tertiary/aromatic N) is 2. The first kappa shape index (κ1) is 11.7. The van der Waals surface area contributed by atoms with E-state index in [4.69, 9.17) is 11.5 Å². The molecule has 5 nitrogen and oxygen atoms in total. The van der Waals surface area contributed by atoms with Gasteiger partial charge < -0.3 is 16.4 Å². The van der Waals surface area contributed by atoms with Crippen LogP contribution in [0.15, 0.2) is 12.3 Å². The number of anilines is 2. The molecule has 0 saturated carbocycles. The minimum atomic E-state index is -0.504. The quantitative estimate of drug-likeness (QED) is 0.803. The lowest BCUT2D eigenvalue weighted by Crippen LogP contribution is -2.38. The van der Waals surface area contributed by atoms with E-state index in [1.54, 1.807) is 6.07 Å². The Morgan fingerprint density at radius 2 is 2.29 bits per heavy atom. The van der Waals surface area contributed by atoms with Gasteiger partial charge in [-0.1, -0.05) is 0 Å². The number of amides is 1. The van der Waals surface area contributed by atoms with Crippen LogP contribution in [-0.2, 0) is 0 Å². The van der Waals surface area contributed by atoms with Gasteiger partial charge in [-0.2, -0.15) is 0 Å². The van der Waals surface area contributed by atoms with Crippen LogP contribution in [0.3, 0.4) is 0 Å². The van der Waals surface area contributed by atoms with Gasteiger partial charge in [-0.3, -0.25) is 4.79 Å². The second-order valence-corrected chi connectivity index (χ2v) is 4.53. The van der Waals surface area contributed by atoms with E-state index >= 15 is 0 Å². The van der Waals surface area contributed by atoms with Gasteiger partial charge in [-0.15, -0.1) is 0 Å². The van der Waals surface area contributed by atoms with Crippen LogP contribution in [0.5, 0.6) is 0 Å². The summed E-state index contributed by atoms with van der Waals surface area (Å²) in [4.78, 5) is 17.7. The highest BCUT2D eigenvalue weighted by atomic mass is 16.1. The first-order chi connectivity index (χ1) is 8.09. The van der Waals surface area contributed by atoms with E-state index < -0.39 is 5.91 Å². The van der Waals surface area contributed by atoms with Crippen LogP contribution in [0, 0.1) is 0 Å². The summed E-state index contributed by atoms with van der Waals surface area (Å²) in [5.41, 5.74) is 11.6. The molecule has 1 amide bonds. The molecule has 2 rings (SSSR count). The second kappa shape index (κ2) is 4.61. The van der Waals surface area contributed by atoms with E-state index in [9.17, 15) is 4.79 Å². The lowest BCUT2D eigenvalue weighted by atomic mass is 10.0. The number of carbonyl (C=O) groups excluding carboxylic acids is 1. The zero-order valence-electron chi connectivity index (χ0n) is 10.0. The molecule has 0 aromatic carbocycles. The number of aromatic nitrogens is 1. The van der Waals surface area contributed by atoms with Crippen molar-refractivity contribution in [3.63, 3.8) is 0 Å². The molecule has 4 N–H and O–H groups in total. The molecule has 1 aromatic rings. The maximum Gasteiger partial charge on any atom is 0.250 e. The van der Waals surface area contributed by atoms with Crippen molar-refractivity contribution in [3.8, 4) is 0 Å². The van der Waals surface area contributed by atoms with Crippen molar-refractivity contribution in [2.45, 2.75) is 32.2 Å². The summed E-state index contributed by atoms with van der Waals surface area (Å²) in [6.45, 7) is 3.14. The zero-order valence-corrected chi connectivity index (χ0v) is 10.0. The number of primary amides is 1.